The Bertz CT molecular complexity index is 1580. The lowest BCUT2D eigenvalue weighted by molar-refractivity contribution is 1.29. The highest BCUT2D eigenvalue weighted by molar-refractivity contribution is 6.05. The topological polar surface area (TPSA) is 29.3 Å². The molecule has 0 amide bonds. The van der Waals surface area contributed by atoms with Gasteiger partial charge in [-0.1, -0.05) is 115 Å². The fraction of sp³-hybridized carbons (Fsp3) is 0. The molecule has 2 heteroatoms. The molecule has 172 valence electrons. The Hall–Kier alpha value is -4.82. The molecule has 0 fully saturated rings. The van der Waals surface area contributed by atoms with Crippen LogP contribution in [-0.2, 0) is 0 Å². The fourth-order valence-electron chi connectivity index (χ4n) is 4.99. The number of hydrogen-bond acceptors (Lipinski definition) is 2. The summed E-state index contributed by atoms with van der Waals surface area (Å²) in [7, 11) is 0. The zero-order chi connectivity index (χ0) is 24.3. The Labute approximate surface area is 211 Å². The first kappa shape index (κ1) is 21.7. The first-order chi connectivity index (χ1) is 17.8. The summed E-state index contributed by atoms with van der Waals surface area (Å²) in [6.07, 6.45) is 0. The third kappa shape index (κ3) is 3.89. The quantitative estimate of drug-likeness (QED) is 0.259. The van der Waals surface area contributed by atoms with Crippen LogP contribution in [0.1, 0.15) is 0 Å². The van der Waals surface area contributed by atoms with Gasteiger partial charge in [0.05, 0.1) is 11.4 Å². The minimum absolute atomic E-state index is 0.749. The van der Waals surface area contributed by atoms with E-state index in [0.717, 1.165) is 39.4 Å². The number of fused-ring (bicyclic) bond motifs is 1. The third-order valence-corrected chi connectivity index (χ3v) is 6.63. The van der Waals surface area contributed by atoms with E-state index in [9.17, 15) is 0 Å². The van der Waals surface area contributed by atoms with E-state index in [4.69, 9.17) is 5.73 Å². The van der Waals surface area contributed by atoms with E-state index in [2.05, 4.69) is 132 Å². The van der Waals surface area contributed by atoms with Crippen molar-refractivity contribution < 1.29 is 0 Å². The molecule has 6 rings (SSSR count). The van der Waals surface area contributed by atoms with Crippen LogP contribution in [0.4, 0.5) is 22.7 Å². The molecule has 0 radical (unpaired) electrons. The highest BCUT2D eigenvalue weighted by Crippen LogP contribution is 2.46. The molecule has 0 heterocycles. The fourth-order valence-corrected chi connectivity index (χ4v) is 4.99. The lowest BCUT2D eigenvalue weighted by atomic mass is 9.89. The van der Waals surface area contributed by atoms with Crippen LogP contribution in [0.25, 0.3) is 33.0 Å². The highest BCUT2D eigenvalue weighted by Gasteiger charge is 2.21. The van der Waals surface area contributed by atoms with Gasteiger partial charge in [-0.3, -0.25) is 0 Å². The van der Waals surface area contributed by atoms with Gasteiger partial charge >= 0.3 is 0 Å². The van der Waals surface area contributed by atoms with Crippen LogP contribution >= 0.6 is 0 Å². The molecule has 2 N–H and O–H groups in total. The summed E-state index contributed by atoms with van der Waals surface area (Å²) in [5.74, 6) is 0. The van der Waals surface area contributed by atoms with E-state index in [1.54, 1.807) is 0 Å². The molecule has 0 atom stereocenters. The molecule has 0 unspecified atom stereocenters. The van der Waals surface area contributed by atoms with Crippen LogP contribution in [0, 0.1) is 0 Å². The summed E-state index contributed by atoms with van der Waals surface area (Å²) in [4.78, 5) is 2.23. The first-order valence-corrected chi connectivity index (χ1v) is 12.2. The number of anilines is 4. The van der Waals surface area contributed by atoms with E-state index in [1.165, 1.54) is 16.3 Å². The summed E-state index contributed by atoms with van der Waals surface area (Å²) in [5.41, 5.74) is 15.4. The maximum Gasteiger partial charge on any atom is 0.0698 e. The van der Waals surface area contributed by atoms with Gasteiger partial charge in [-0.2, -0.15) is 0 Å². The Kier molecular flexibility index (Phi) is 5.69. The molecule has 0 aliphatic rings. The second-order valence-corrected chi connectivity index (χ2v) is 8.82. The SMILES string of the molecule is Nc1c(N(c2ccccc2)c2ccccc2)ccc(-c2cccc3ccccc23)c1-c1ccccc1. The van der Waals surface area contributed by atoms with Crippen LogP contribution in [0.2, 0.25) is 0 Å². The molecule has 6 aromatic carbocycles. The number of benzene rings is 6. The van der Waals surface area contributed by atoms with Gasteiger partial charge in [0, 0.05) is 16.9 Å². The van der Waals surface area contributed by atoms with Gasteiger partial charge in [-0.05, 0) is 57.8 Å². The normalized spacial score (nSPS) is 10.9. The van der Waals surface area contributed by atoms with Gasteiger partial charge in [0.15, 0.2) is 0 Å². The van der Waals surface area contributed by atoms with Crippen molar-refractivity contribution in [3.63, 3.8) is 0 Å². The molecule has 0 aromatic heterocycles. The van der Waals surface area contributed by atoms with Crippen molar-refractivity contribution >= 4 is 33.5 Å². The minimum atomic E-state index is 0.749. The summed E-state index contributed by atoms with van der Waals surface area (Å²) >= 11 is 0. The molecule has 0 spiro atoms. The number of hydrogen-bond donors (Lipinski definition) is 1. The van der Waals surface area contributed by atoms with Crippen molar-refractivity contribution in [1.82, 2.24) is 0 Å². The standard InChI is InChI=1S/C34H26N2/c35-34-32(36(27-17-6-2-7-18-27)28-19-8-3-9-20-28)24-23-31(33(34)26-14-4-1-5-15-26)30-22-12-16-25-13-10-11-21-29(25)30/h1-24H,35H2. The maximum absolute atomic E-state index is 7.13. The molecule has 0 saturated carbocycles. The van der Waals surface area contributed by atoms with Crippen LogP contribution < -0.4 is 10.6 Å². The zero-order valence-electron chi connectivity index (χ0n) is 19.9. The average molecular weight is 463 g/mol. The Morgan fingerprint density at radius 1 is 0.444 bits per heavy atom. The lowest BCUT2D eigenvalue weighted by Crippen LogP contribution is -2.12. The van der Waals surface area contributed by atoms with Gasteiger partial charge in [-0.25, -0.2) is 0 Å². The first-order valence-electron chi connectivity index (χ1n) is 12.2. The summed E-state index contributed by atoms with van der Waals surface area (Å²) < 4.78 is 0. The molecule has 0 bridgehead atoms. The van der Waals surface area contributed by atoms with E-state index in [-0.39, 0.29) is 0 Å². The average Bonchev–Trinajstić information content (AvgIpc) is 2.95. The summed E-state index contributed by atoms with van der Waals surface area (Å²) in [6, 6.07) is 50.6. The molecule has 0 aliphatic carbocycles. The minimum Gasteiger partial charge on any atom is -0.397 e. The van der Waals surface area contributed by atoms with Gasteiger partial charge in [0.2, 0.25) is 0 Å². The van der Waals surface area contributed by atoms with Crippen LogP contribution in [-0.4, -0.2) is 0 Å². The number of nitrogens with zero attached hydrogens (tertiary/aromatic N) is 1. The molecular formula is C34H26N2. The Morgan fingerprint density at radius 3 is 1.67 bits per heavy atom. The second kappa shape index (κ2) is 9.44. The van der Waals surface area contributed by atoms with Crippen molar-refractivity contribution in [2.75, 3.05) is 10.6 Å². The number of nitrogens with two attached hydrogens (primary N) is 1. The highest BCUT2D eigenvalue weighted by atomic mass is 15.1. The maximum atomic E-state index is 7.13. The van der Waals surface area contributed by atoms with Crippen LogP contribution in [0.3, 0.4) is 0 Å². The molecule has 2 nitrogen and oxygen atoms in total. The van der Waals surface area contributed by atoms with E-state index in [1.807, 2.05) is 18.2 Å². The molecular weight excluding hydrogens is 436 g/mol. The molecule has 6 aromatic rings. The van der Waals surface area contributed by atoms with Crippen molar-refractivity contribution in [2.24, 2.45) is 0 Å². The monoisotopic (exact) mass is 462 g/mol. The Balaban J connectivity index is 1.65. The van der Waals surface area contributed by atoms with E-state index >= 15 is 0 Å². The predicted octanol–water partition coefficient (Wildman–Crippen LogP) is 9.23. The van der Waals surface area contributed by atoms with Crippen molar-refractivity contribution in [3.05, 3.63) is 146 Å². The van der Waals surface area contributed by atoms with Crippen LogP contribution in [0.15, 0.2) is 146 Å². The van der Waals surface area contributed by atoms with Crippen molar-refractivity contribution in [1.29, 1.82) is 0 Å². The molecule has 0 saturated heterocycles. The largest absolute Gasteiger partial charge is 0.397 e. The molecule has 0 aliphatic heterocycles. The summed E-state index contributed by atoms with van der Waals surface area (Å²) in [6.45, 7) is 0. The van der Waals surface area contributed by atoms with Gasteiger partial charge in [0.25, 0.3) is 0 Å². The predicted molar refractivity (Wildman–Crippen MR) is 154 cm³/mol. The van der Waals surface area contributed by atoms with Crippen molar-refractivity contribution in [3.8, 4) is 22.3 Å². The smallest absolute Gasteiger partial charge is 0.0698 e. The lowest BCUT2D eigenvalue weighted by Gasteiger charge is -2.28. The number of para-hydroxylation sites is 2. The summed E-state index contributed by atoms with van der Waals surface area (Å²) in [5, 5.41) is 2.43. The number of rotatable bonds is 5. The Morgan fingerprint density at radius 2 is 1.00 bits per heavy atom. The third-order valence-electron chi connectivity index (χ3n) is 6.63. The van der Waals surface area contributed by atoms with E-state index < -0.39 is 0 Å². The molecule has 36 heavy (non-hydrogen) atoms. The van der Waals surface area contributed by atoms with Crippen molar-refractivity contribution in [2.45, 2.75) is 0 Å². The van der Waals surface area contributed by atoms with Crippen LogP contribution in [0.5, 0.6) is 0 Å². The van der Waals surface area contributed by atoms with Gasteiger partial charge in [0.1, 0.15) is 0 Å². The van der Waals surface area contributed by atoms with E-state index in [0.29, 0.717) is 0 Å². The second-order valence-electron chi connectivity index (χ2n) is 8.82. The van der Waals surface area contributed by atoms with Gasteiger partial charge in [-0.15, -0.1) is 0 Å². The number of nitrogen functional groups attached to an aromatic ring is 1. The zero-order valence-corrected chi connectivity index (χ0v) is 19.9. The van der Waals surface area contributed by atoms with Gasteiger partial charge < -0.3 is 10.6 Å².